The third kappa shape index (κ3) is 3.35. The minimum Gasteiger partial charge on any atom is -0.308 e. The van der Waals surface area contributed by atoms with Gasteiger partial charge in [0.05, 0.1) is 0 Å². The zero-order valence-electron chi connectivity index (χ0n) is 16.3. The van der Waals surface area contributed by atoms with Crippen molar-refractivity contribution in [3.63, 3.8) is 0 Å². The normalized spacial score (nSPS) is 11.0. The third-order valence-corrected chi connectivity index (χ3v) is 5.10. The van der Waals surface area contributed by atoms with E-state index in [0.29, 0.717) is 11.3 Å². The summed E-state index contributed by atoms with van der Waals surface area (Å²) in [7, 11) is 0. The van der Waals surface area contributed by atoms with Gasteiger partial charge in [0.15, 0.2) is 5.65 Å². The lowest BCUT2D eigenvalue weighted by molar-refractivity contribution is 0.262. The number of hydrogen-bond acceptors (Lipinski definition) is 3. The molecule has 0 atom stereocenters. The van der Waals surface area contributed by atoms with Crippen molar-refractivity contribution in [2.24, 2.45) is 0 Å². The highest BCUT2D eigenvalue weighted by Gasteiger charge is 2.10. The average molecular weight is 393 g/mol. The molecule has 146 valence electrons. The molecular formula is C24H19N5O. The minimum atomic E-state index is -0.282. The predicted molar refractivity (Wildman–Crippen MR) is 121 cm³/mol. The second-order valence-corrected chi connectivity index (χ2v) is 7.12. The number of aromatic amines is 1. The average Bonchev–Trinajstić information content (AvgIpc) is 3.15. The highest BCUT2D eigenvalue weighted by Crippen LogP contribution is 2.29. The van der Waals surface area contributed by atoms with Crippen molar-refractivity contribution in [2.45, 2.75) is 6.92 Å². The van der Waals surface area contributed by atoms with Crippen molar-refractivity contribution in [2.75, 3.05) is 10.6 Å². The molecule has 0 radical (unpaired) electrons. The fraction of sp³-hybridized carbons (Fsp3) is 0.0417. The molecule has 3 aromatic carbocycles. The summed E-state index contributed by atoms with van der Waals surface area (Å²) in [6.45, 7) is 1.98. The van der Waals surface area contributed by atoms with E-state index in [1.54, 1.807) is 6.20 Å². The van der Waals surface area contributed by atoms with E-state index >= 15 is 0 Å². The molecule has 0 saturated heterocycles. The van der Waals surface area contributed by atoms with E-state index < -0.39 is 0 Å². The summed E-state index contributed by atoms with van der Waals surface area (Å²) >= 11 is 0. The molecule has 2 amide bonds. The van der Waals surface area contributed by atoms with Crippen LogP contribution >= 0.6 is 0 Å². The van der Waals surface area contributed by atoms with Crippen LogP contribution in [0.15, 0.2) is 79.0 Å². The summed E-state index contributed by atoms with van der Waals surface area (Å²) in [4.78, 5) is 16.7. The van der Waals surface area contributed by atoms with Gasteiger partial charge in [-0.3, -0.25) is 5.10 Å². The number of anilines is 2. The number of aromatic nitrogens is 3. The zero-order chi connectivity index (χ0) is 20.5. The molecule has 6 nitrogen and oxygen atoms in total. The molecule has 3 N–H and O–H groups in total. The molecule has 5 rings (SSSR count). The maximum Gasteiger partial charge on any atom is 0.323 e. The maximum atomic E-state index is 12.4. The SMILES string of the molecule is Cc1[nH]nc2nccc(-c3ccc(NC(=O)Nc4ccc5ccccc5c4)cc3)c12. The predicted octanol–water partition coefficient (Wildman–Crippen LogP) is 5.73. The van der Waals surface area contributed by atoms with Crippen LogP contribution < -0.4 is 10.6 Å². The highest BCUT2D eigenvalue weighted by molar-refractivity contribution is 6.01. The first kappa shape index (κ1) is 17.9. The van der Waals surface area contributed by atoms with Gasteiger partial charge < -0.3 is 10.6 Å². The fourth-order valence-corrected chi connectivity index (χ4v) is 3.63. The van der Waals surface area contributed by atoms with Crippen molar-refractivity contribution in [1.29, 1.82) is 0 Å². The second kappa shape index (κ2) is 7.33. The molecule has 0 fully saturated rings. The largest absolute Gasteiger partial charge is 0.323 e. The molecule has 0 unspecified atom stereocenters. The molecule has 0 aliphatic heterocycles. The number of fused-ring (bicyclic) bond motifs is 2. The van der Waals surface area contributed by atoms with Gasteiger partial charge in [-0.25, -0.2) is 9.78 Å². The Balaban J connectivity index is 1.33. The monoisotopic (exact) mass is 393 g/mol. The van der Waals surface area contributed by atoms with Crippen LogP contribution in [0, 0.1) is 6.92 Å². The van der Waals surface area contributed by atoms with Gasteiger partial charge in [0.2, 0.25) is 0 Å². The van der Waals surface area contributed by atoms with Crippen LogP contribution in [-0.2, 0) is 0 Å². The number of aryl methyl sites for hydroxylation is 1. The van der Waals surface area contributed by atoms with Crippen LogP contribution in [0.3, 0.4) is 0 Å². The summed E-state index contributed by atoms with van der Waals surface area (Å²) in [6, 6.07) is 23.3. The lowest BCUT2D eigenvalue weighted by Gasteiger charge is -2.10. The zero-order valence-corrected chi connectivity index (χ0v) is 16.3. The summed E-state index contributed by atoms with van der Waals surface area (Å²) in [5.41, 5.74) is 5.22. The number of carbonyl (C=O) groups is 1. The van der Waals surface area contributed by atoms with E-state index in [9.17, 15) is 4.79 Å². The lowest BCUT2D eigenvalue weighted by Crippen LogP contribution is -2.19. The van der Waals surface area contributed by atoms with E-state index in [4.69, 9.17) is 0 Å². The minimum absolute atomic E-state index is 0.282. The van der Waals surface area contributed by atoms with Crippen molar-refractivity contribution < 1.29 is 4.79 Å². The van der Waals surface area contributed by atoms with Gasteiger partial charge >= 0.3 is 6.03 Å². The van der Waals surface area contributed by atoms with Gasteiger partial charge in [-0.15, -0.1) is 0 Å². The Hall–Kier alpha value is -4.19. The molecule has 0 saturated carbocycles. The number of pyridine rings is 1. The van der Waals surface area contributed by atoms with Crippen molar-refractivity contribution in [3.05, 3.63) is 84.7 Å². The number of amides is 2. The van der Waals surface area contributed by atoms with Gasteiger partial charge in [-0.2, -0.15) is 5.10 Å². The highest BCUT2D eigenvalue weighted by atomic mass is 16.2. The van der Waals surface area contributed by atoms with Gasteiger partial charge in [0.1, 0.15) is 0 Å². The summed E-state index contributed by atoms with van der Waals surface area (Å²) < 4.78 is 0. The standard InChI is InChI=1S/C24H19N5O/c1-15-22-21(12-13-25-23(22)29-28-15)17-7-9-19(10-8-17)26-24(30)27-20-11-6-16-4-2-3-5-18(16)14-20/h2-14H,1H3,(H,25,28,29)(H2,26,27,30). The van der Waals surface area contributed by atoms with Crippen LogP contribution in [0.5, 0.6) is 0 Å². The van der Waals surface area contributed by atoms with E-state index in [1.807, 2.05) is 79.7 Å². The maximum absolute atomic E-state index is 12.4. The molecule has 2 heterocycles. The third-order valence-electron chi connectivity index (χ3n) is 5.10. The van der Waals surface area contributed by atoms with E-state index in [2.05, 4.69) is 25.8 Å². The Bertz CT molecular complexity index is 1370. The Morgan fingerprint density at radius 2 is 1.60 bits per heavy atom. The number of benzene rings is 3. The molecule has 0 spiro atoms. The number of rotatable bonds is 3. The second-order valence-electron chi connectivity index (χ2n) is 7.12. The lowest BCUT2D eigenvalue weighted by atomic mass is 10.0. The number of urea groups is 1. The van der Waals surface area contributed by atoms with Crippen LogP contribution in [-0.4, -0.2) is 21.2 Å². The van der Waals surface area contributed by atoms with E-state index in [-0.39, 0.29) is 6.03 Å². The van der Waals surface area contributed by atoms with Crippen molar-refractivity contribution in [1.82, 2.24) is 15.2 Å². The van der Waals surface area contributed by atoms with Gasteiger partial charge in [0.25, 0.3) is 0 Å². The topological polar surface area (TPSA) is 82.7 Å². The molecule has 5 aromatic rings. The molecule has 0 aliphatic rings. The van der Waals surface area contributed by atoms with Crippen molar-refractivity contribution >= 4 is 39.2 Å². The molecule has 2 aromatic heterocycles. The smallest absolute Gasteiger partial charge is 0.308 e. The van der Waals surface area contributed by atoms with Crippen LogP contribution in [0.25, 0.3) is 32.9 Å². The molecule has 30 heavy (non-hydrogen) atoms. The number of hydrogen-bond donors (Lipinski definition) is 3. The number of nitrogens with zero attached hydrogens (tertiary/aromatic N) is 2. The van der Waals surface area contributed by atoms with Crippen LogP contribution in [0.1, 0.15) is 5.69 Å². The van der Waals surface area contributed by atoms with E-state index in [1.165, 1.54) is 0 Å². The van der Waals surface area contributed by atoms with E-state index in [0.717, 1.165) is 38.7 Å². The van der Waals surface area contributed by atoms with Gasteiger partial charge in [0, 0.05) is 28.7 Å². The summed E-state index contributed by atoms with van der Waals surface area (Å²) in [5, 5.41) is 16.2. The molecule has 0 bridgehead atoms. The molecule has 6 heteroatoms. The van der Waals surface area contributed by atoms with Crippen LogP contribution in [0.4, 0.5) is 16.2 Å². The van der Waals surface area contributed by atoms with Gasteiger partial charge in [-0.1, -0.05) is 42.5 Å². The quantitative estimate of drug-likeness (QED) is 0.366. The Labute approximate surface area is 173 Å². The molecular weight excluding hydrogens is 374 g/mol. The fourth-order valence-electron chi connectivity index (χ4n) is 3.63. The Morgan fingerprint density at radius 1 is 0.867 bits per heavy atom. The Kier molecular flexibility index (Phi) is 4.37. The Morgan fingerprint density at radius 3 is 2.43 bits per heavy atom. The van der Waals surface area contributed by atoms with Crippen LogP contribution in [0.2, 0.25) is 0 Å². The summed E-state index contributed by atoms with van der Waals surface area (Å²) in [6.07, 6.45) is 1.75. The first-order valence-electron chi connectivity index (χ1n) is 9.64. The molecule has 0 aliphatic carbocycles. The number of carbonyl (C=O) groups excluding carboxylic acids is 1. The summed E-state index contributed by atoms with van der Waals surface area (Å²) in [5.74, 6) is 0. The number of H-pyrrole nitrogens is 1. The number of nitrogens with one attached hydrogen (secondary N) is 3. The van der Waals surface area contributed by atoms with Crippen molar-refractivity contribution in [3.8, 4) is 11.1 Å². The first-order valence-corrected chi connectivity index (χ1v) is 9.64. The van der Waals surface area contributed by atoms with Gasteiger partial charge in [-0.05, 0) is 59.2 Å². The first-order chi connectivity index (χ1) is 14.7.